The lowest BCUT2D eigenvalue weighted by Crippen LogP contribution is -2.40. The second-order valence-electron chi connectivity index (χ2n) is 6.44. The normalized spacial score (nSPS) is 11.9. The number of amides is 3. The second kappa shape index (κ2) is 10.4. The molecule has 0 heterocycles. The first-order valence-electron chi connectivity index (χ1n) is 9.07. The maximum Gasteiger partial charge on any atom is 0.428 e. The van der Waals surface area contributed by atoms with Gasteiger partial charge < -0.3 is 10.1 Å². The Balaban J connectivity index is 2.00. The molecule has 0 fully saturated rings. The standard InChI is InChI=1S/C20H17Cl2F5N2O3/c1-2-12-4-3-5-14(15(12)19(23,24)25)16(30)29-18(31)28-10-11-6-8-13(9-7-11)32-20(26,27)17(21)22/h3-9,17H,2,10H2,1H3,(H2,28,29,30,31). The molecule has 2 N–H and O–H groups in total. The number of hydrogen-bond acceptors (Lipinski definition) is 3. The van der Waals surface area contributed by atoms with Crippen LogP contribution in [0.3, 0.4) is 0 Å². The van der Waals surface area contributed by atoms with E-state index < -0.39 is 40.2 Å². The van der Waals surface area contributed by atoms with Gasteiger partial charge >= 0.3 is 18.3 Å². The summed E-state index contributed by atoms with van der Waals surface area (Å²) in [6, 6.07) is 7.53. The van der Waals surface area contributed by atoms with Crippen molar-refractivity contribution in [3.05, 3.63) is 64.7 Å². The molecule has 3 amide bonds. The topological polar surface area (TPSA) is 67.4 Å². The van der Waals surface area contributed by atoms with Gasteiger partial charge in [0.1, 0.15) is 5.75 Å². The Labute approximate surface area is 189 Å². The highest BCUT2D eigenvalue weighted by Gasteiger charge is 2.40. The molecule has 0 atom stereocenters. The highest BCUT2D eigenvalue weighted by atomic mass is 35.5. The molecule has 0 saturated heterocycles. The van der Waals surface area contributed by atoms with E-state index in [9.17, 15) is 31.5 Å². The zero-order chi connectivity index (χ0) is 24.1. The Morgan fingerprint density at radius 1 is 1.03 bits per heavy atom. The molecule has 174 valence electrons. The molecule has 2 aromatic carbocycles. The Bertz CT molecular complexity index is 967. The molecule has 0 spiro atoms. The van der Waals surface area contributed by atoms with Gasteiger partial charge in [0.25, 0.3) is 5.91 Å². The number of carbonyl (C=O) groups is 2. The van der Waals surface area contributed by atoms with Crippen molar-refractivity contribution in [2.45, 2.75) is 37.0 Å². The average Bonchev–Trinajstić information content (AvgIpc) is 2.71. The summed E-state index contributed by atoms with van der Waals surface area (Å²) >= 11 is 10.2. The fraction of sp³-hybridized carbons (Fsp3) is 0.300. The molecule has 32 heavy (non-hydrogen) atoms. The number of alkyl halides is 7. The van der Waals surface area contributed by atoms with Crippen LogP contribution in [0.5, 0.6) is 5.75 Å². The molecule has 2 rings (SSSR count). The molecule has 12 heteroatoms. The fourth-order valence-electron chi connectivity index (χ4n) is 2.69. The van der Waals surface area contributed by atoms with Gasteiger partial charge in [-0.2, -0.15) is 22.0 Å². The van der Waals surface area contributed by atoms with Crippen molar-refractivity contribution in [1.29, 1.82) is 0 Å². The molecule has 0 bridgehead atoms. The van der Waals surface area contributed by atoms with Crippen molar-refractivity contribution < 1.29 is 36.3 Å². The molecule has 0 radical (unpaired) electrons. The summed E-state index contributed by atoms with van der Waals surface area (Å²) in [6.07, 6.45) is -8.54. The lowest BCUT2D eigenvalue weighted by atomic mass is 9.98. The van der Waals surface area contributed by atoms with Crippen molar-refractivity contribution in [3.63, 3.8) is 0 Å². The zero-order valence-corrected chi connectivity index (χ0v) is 17.9. The van der Waals surface area contributed by atoms with E-state index in [0.29, 0.717) is 5.56 Å². The lowest BCUT2D eigenvalue weighted by molar-refractivity contribution is -0.163. The van der Waals surface area contributed by atoms with E-state index in [4.69, 9.17) is 23.2 Å². The maximum absolute atomic E-state index is 13.4. The van der Waals surface area contributed by atoms with Gasteiger partial charge in [0.15, 0.2) is 0 Å². The molecule has 0 saturated carbocycles. The Hall–Kier alpha value is -2.59. The van der Waals surface area contributed by atoms with Crippen LogP contribution in [0.25, 0.3) is 0 Å². The molecule has 0 aliphatic carbocycles. The maximum atomic E-state index is 13.4. The summed E-state index contributed by atoms with van der Waals surface area (Å²) in [5, 5.41) is 4.13. The zero-order valence-electron chi connectivity index (χ0n) is 16.4. The van der Waals surface area contributed by atoms with E-state index in [-0.39, 0.29) is 24.3 Å². The number of nitrogens with one attached hydrogen (secondary N) is 2. The molecule has 0 aliphatic rings. The monoisotopic (exact) mass is 498 g/mol. The van der Waals surface area contributed by atoms with Crippen LogP contribution in [0.1, 0.15) is 34.0 Å². The van der Waals surface area contributed by atoms with Gasteiger partial charge in [-0.25, -0.2) is 4.79 Å². The van der Waals surface area contributed by atoms with E-state index in [1.165, 1.54) is 43.3 Å². The van der Waals surface area contributed by atoms with E-state index >= 15 is 0 Å². The van der Waals surface area contributed by atoms with E-state index in [2.05, 4.69) is 10.1 Å². The predicted molar refractivity (Wildman–Crippen MR) is 108 cm³/mol. The summed E-state index contributed by atoms with van der Waals surface area (Å²) in [5.74, 6) is -1.45. The smallest absolute Gasteiger partial charge is 0.428 e. The van der Waals surface area contributed by atoms with Gasteiger partial charge in [0.05, 0.1) is 11.1 Å². The van der Waals surface area contributed by atoms with Crippen LogP contribution in [0.4, 0.5) is 26.7 Å². The first kappa shape index (κ1) is 25.7. The third kappa shape index (κ3) is 6.70. The fourth-order valence-corrected chi connectivity index (χ4v) is 2.78. The lowest BCUT2D eigenvalue weighted by Gasteiger charge is -2.18. The van der Waals surface area contributed by atoms with Gasteiger partial charge in [-0.05, 0) is 35.7 Å². The van der Waals surface area contributed by atoms with Crippen molar-refractivity contribution in [1.82, 2.24) is 10.6 Å². The minimum absolute atomic E-state index is 0.0459. The molecular formula is C20H17Cl2F5N2O3. The average molecular weight is 499 g/mol. The summed E-state index contributed by atoms with van der Waals surface area (Å²) < 4.78 is 71.2. The highest BCUT2D eigenvalue weighted by Crippen LogP contribution is 2.35. The Morgan fingerprint density at radius 2 is 1.66 bits per heavy atom. The van der Waals surface area contributed by atoms with Gasteiger partial charge in [-0.15, -0.1) is 0 Å². The number of ether oxygens (including phenoxy) is 1. The van der Waals surface area contributed by atoms with Gasteiger partial charge in [-0.1, -0.05) is 54.4 Å². The molecule has 5 nitrogen and oxygen atoms in total. The van der Waals surface area contributed by atoms with Gasteiger partial charge in [0, 0.05) is 6.54 Å². The number of carbonyl (C=O) groups excluding carboxylic acids is 2. The third-order valence-corrected chi connectivity index (χ3v) is 4.68. The van der Waals surface area contributed by atoms with Crippen LogP contribution in [-0.4, -0.2) is 22.9 Å². The van der Waals surface area contributed by atoms with Crippen LogP contribution in [0.15, 0.2) is 42.5 Å². The summed E-state index contributed by atoms with van der Waals surface area (Å²) in [6.45, 7) is 1.37. The van der Waals surface area contributed by atoms with Crippen LogP contribution in [0.2, 0.25) is 0 Å². The number of hydrogen-bond donors (Lipinski definition) is 2. The molecule has 0 unspecified atom stereocenters. The summed E-state index contributed by atoms with van der Waals surface area (Å²) in [7, 11) is 0. The van der Waals surface area contributed by atoms with Crippen molar-refractivity contribution in [3.8, 4) is 5.75 Å². The summed E-state index contributed by atoms with van der Waals surface area (Å²) in [5.41, 5.74) is -1.42. The second-order valence-corrected chi connectivity index (χ2v) is 7.53. The van der Waals surface area contributed by atoms with E-state index in [1.807, 2.05) is 5.32 Å². The van der Waals surface area contributed by atoms with Crippen molar-refractivity contribution in [2.24, 2.45) is 0 Å². The largest absolute Gasteiger partial charge is 0.431 e. The van der Waals surface area contributed by atoms with Crippen molar-refractivity contribution >= 4 is 35.1 Å². The Kier molecular flexibility index (Phi) is 8.30. The quantitative estimate of drug-likeness (QED) is 0.381. The molecule has 0 aromatic heterocycles. The Morgan fingerprint density at radius 3 is 2.19 bits per heavy atom. The third-order valence-electron chi connectivity index (χ3n) is 4.17. The number of benzene rings is 2. The van der Waals surface area contributed by atoms with Gasteiger partial charge in [0.2, 0.25) is 4.84 Å². The van der Waals surface area contributed by atoms with E-state index in [1.54, 1.807) is 0 Å². The molecule has 2 aromatic rings. The van der Waals surface area contributed by atoms with Crippen LogP contribution >= 0.6 is 23.2 Å². The molecule has 0 aliphatic heterocycles. The number of imide groups is 1. The minimum atomic E-state index is -4.77. The van der Waals surface area contributed by atoms with Gasteiger partial charge in [-0.3, -0.25) is 10.1 Å². The predicted octanol–water partition coefficient (Wildman–Crippen LogP) is 5.68. The first-order valence-corrected chi connectivity index (χ1v) is 9.94. The molecular weight excluding hydrogens is 482 g/mol. The van der Waals surface area contributed by atoms with Crippen LogP contribution < -0.4 is 15.4 Å². The summed E-state index contributed by atoms with van der Waals surface area (Å²) in [4.78, 5) is 22.1. The minimum Gasteiger partial charge on any atom is -0.431 e. The SMILES string of the molecule is CCc1cccc(C(=O)NC(=O)NCc2ccc(OC(F)(F)C(Cl)Cl)cc2)c1C(F)(F)F. The van der Waals surface area contributed by atoms with Crippen molar-refractivity contribution in [2.75, 3.05) is 0 Å². The highest BCUT2D eigenvalue weighted by molar-refractivity contribution is 6.44. The number of aryl methyl sites for hydroxylation is 1. The number of rotatable bonds is 7. The van der Waals surface area contributed by atoms with Crippen LogP contribution in [0, 0.1) is 0 Å². The number of halogens is 7. The van der Waals surface area contributed by atoms with E-state index in [0.717, 1.165) is 6.07 Å². The first-order chi connectivity index (χ1) is 14.8. The van der Waals surface area contributed by atoms with Crippen LogP contribution in [-0.2, 0) is 19.1 Å². The number of urea groups is 1.